The van der Waals surface area contributed by atoms with Crippen LogP contribution in [0.1, 0.15) is 17.4 Å². The summed E-state index contributed by atoms with van der Waals surface area (Å²) in [4.78, 5) is 0. The van der Waals surface area contributed by atoms with Crippen LogP contribution in [-0.2, 0) is 0 Å². The van der Waals surface area contributed by atoms with E-state index in [4.69, 9.17) is 10.2 Å². The number of hydrogen-bond donors (Lipinski definition) is 1. The quantitative estimate of drug-likeness (QED) is 0.678. The molecular formula is C11H8Br2INO. The van der Waals surface area contributed by atoms with Crippen molar-refractivity contribution in [2.24, 2.45) is 5.73 Å². The van der Waals surface area contributed by atoms with Gasteiger partial charge in [0.25, 0.3) is 0 Å². The largest absolute Gasteiger partial charge is 0.452 e. The van der Waals surface area contributed by atoms with Gasteiger partial charge in [0.05, 0.1) is 6.04 Å². The van der Waals surface area contributed by atoms with Crippen LogP contribution < -0.4 is 5.73 Å². The molecule has 1 aromatic carbocycles. The van der Waals surface area contributed by atoms with Gasteiger partial charge in [-0.05, 0) is 74.4 Å². The summed E-state index contributed by atoms with van der Waals surface area (Å²) < 4.78 is 8.31. The Hall–Kier alpha value is 0.150. The molecule has 84 valence electrons. The highest BCUT2D eigenvalue weighted by Gasteiger charge is 2.15. The molecule has 0 radical (unpaired) electrons. The van der Waals surface area contributed by atoms with E-state index in [9.17, 15) is 0 Å². The summed E-state index contributed by atoms with van der Waals surface area (Å²) in [6.45, 7) is 0. The van der Waals surface area contributed by atoms with Gasteiger partial charge in [0.15, 0.2) is 4.67 Å². The highest BCUT2D eigenvalue weighted by Crippen LogP contribution is 2.29. The lowest BCUT2D eigenvalue weighted by Gasteiger charge is -2.11. The predicted molar refractivity (Wildman–Crippen MR) is 79.3 cm³/mol. The summed E-state index contributed by atoms with van der Waals surface area (Å²) in [7, 11) is 0. The van der Waals surface area contributed by atoms with Crippen LogP contribution in [-0.4, -0.2) is 0 Å². The van der Waals surface area contributed by atoms with E-state index < -0.39 is 0 Å². The Labute approximate surface area is 124 Å². The third-order valence-electron chi connectivity index (χ3n) is 2.19. The molecule has 0 aliphatic heterocycles. The van der Waals surface area contributed by atoms with Gasteiger partial charge in [0.1, 0.15) is 5.76 Å². The zero-order chi connectivity index (χ0) is 11.7. The van der Waals surface area contributed by atoms with Crippen molar-refractivity contribution in [1.29, 1.82) is 0 Å². The lowest BCUT2D eigenvalue weighted by atomic mass is 10.1. The zero-order valence-electron chi connectivity index (χ0n) is 8.08. The zero-order valence-corrected chi connectivity index (χ0v) is 13.4. The molecule has 1 aromatic heterocycles. The Kier molecular flexibility index (Phi) is 4.10. The molecule has 0 amide bonds. The van der Waals surface area contributed by atoms with Crippen molar-refractivity contribution in [3.8, 4) is 0 Å². The molecule has 0 aliphatic rings. The number of rotatable bonds is 2. The van der Waals surface area contributed by atoms with Crippen molar-refractivity contribution >= 4 is 54.5 Å². The fourth-order valence-corrected chi connectivity index (χ4v) is 2.77. The normalized spacial score (nSPS) is 12.8. The second-order valence-corrected chi connectivity index (χ2v) is 6.14. The number of nitrogens with two attached hydrogens (primary N) is 1. The lowest BCUT2D eigenvalue weighted by molar-refractivity contribution is 0.469. The topological polar surface area (TPSA) is 39.2 Å². The van der Waals surface area contributed by atoms with Crippen molar-refractivity contribution in [3.63, 3.8) is 0 Å². The van der Waals surface area contributed by atoms with E-state index in [2.05, 4.69) is 54.5 Å². The van der Waals surface area contributed by atoms with Gasteiger partial charge in [-0.1, -0.05) is 15.9 Å². The third-order valence-corrected chi connectivity index (χ3v) is 4.10. The maximum absolute atomic E-state index is 6.16. The molecule has 5 heteroatoms. The van der Waals surface area contributed by atoms with E-state index in [1.807, 2.05) is 30.3 Å². The Morgan fingerprint density at radius 3 is 2.56 bits per heavy atom. The van der Waals surface area contributed by atoms with Crippen molar-refractivity contribution in [2.45, 2.75) is 6.04 Å². The first-order valence-corrected chi connectivity index (χ1v) is 7.20. The first-order chi connectivity index (χ1) is 7.58. The molecule has 16 heavy (non-hydrogen) atoms. The maximum Gasteiger partial charge on any atom is 0.169 e. The van der Waals surface area contributed by atoms with Crippen LogP contribution in [0.5, 0.6) is 0 Å². The molecule has 2 aromatic rings. The van der Waals surface area contributed by atoms with Gasteiger partial charge >= 0.3 is 0 Å². The van der Waals surface area contributed by atoms with Gasteiger partial charge in [-0.2, -0.15) is 0 Å². The van der Waals surface area contributed by atoms with E-state index in [0.29, 0.717) is 4.67 Å². The maximum atomic E-state index is 6.16. The Balaban J connectivity index is 2.40. The van der Waals surface area contributed by atoms with Gasteiger partial charge in [-0.15, -0.1) is 0 Å². The summed E-state index contributed by atoms with van der Waals surface area (Å²) in [5.41, 5.74) is 7.21. The van der Waals surface area contributed by atoms with Gasteiger partial charge in [0, 0.05) is 8.04 Å². The molecule has 2 nitrogen and oxygen atoms in total. The molecule has 0 saturated heterocycles. The summed E-state index contributed by atoms with van der Waals surface area (Å²) in [5, 5.41) is 0. The van der Waals surface area contributed by atoms with Crippen molar-refractivity contribution in [1.82, 2.24) is 0 Å². The molecule has 0 fully saturated rings. The van der Waals surface area contributed by atoms with Crippen LogP contribution in [0.15, 0.2) is 43.9 Å². The van der Waals surface area contributed by atoms with Gasteiger partial charge in [-0.25, -0.2) is 0 Å². The SMILES string of the molecule is NC(c1ccc(Br)o1)c1cc(Br)ccc1I. The molecule has 0 spiro atoms. The number of benzene rings is 1. The number of hydrogen-bond acceptors (Lipinski definition) is 2. The highest BCUT2D eigenvalue weighted by molar-refractivity contribution is 14.1. The van der Waals surface area contributed by atoms with E-state index in [1.54, 1.807) is 0 Å². The van der Waals surface area contributed by atoms with Crippen LogP contribution in [0.2, 0.25) is 0 Å². The average Bonchev–Trinajstić information content (AvgIpc) is 2.67. The standard InChI is InChI=1S/C11H8Br2INO/c12-6-1-2-8(14)7(5-6)11(15)9-3-4-10(13)16-9/h1-5,11H,15H2. The first kappa shape index (κ1) is 12.6. The van der Waals surface area contributed by atoms with E-state index in [1.165, 1.54) is 0 Å². The van der Waals surface area contributed by atoms with Crippen LogP contribution in [0, 0.1) is 3.57 Å². The monoisotopic (exact) mass is 455 g/mol. The fraction of sp³-hybridized carbons (Fsp3) is 0.0909. The van der Waals surface area contributed by atoms with Crippen LogP contribution in [0.4, 0.5) is 0 Å². The molecule has 2 N–H and O–H groups in total. The van der Waals surface area contributed by atoms with Crippen molar-refractivity contribution in [2.75, 3.05) is 0 Å². The molecule has 2 rings (SSSR count). The fourth-order valence-electron chi connectivity index (χ4n) is 1.40. The Morgan fingerprint density at radius 1 is 1.19 bits per heavy atom. The molecule has 0 saturated carbocycles. The summed E-state index contributed by atoms with van der Waals surface area (Å²) in [6.07, 6.45) is 0. The van der Waals surface area contributed by atoms with E-state index in [0.717, 1.165) is 19.4 Å². The second kappa shape index (κ2) is 5.20. The van der Waals surface area contributed by atoms with Gasteiger partial charge in [0.2, 0.25) is 0 Å². The second-order valence-electron chi connectivity index (χ2n) is 3.29. The minimum absolute atomic E-state index is 0.240. The molecule has 1 atom stereocenters. The summed E-state index contributed by atoms with van der Waals surface area (Å²) >= 11 is 8.99. The molecule has 0 bridgehead atoms. The lowest BCUT2D eigenvalue weighted by Crippen LogP contribution is -2.12. The smallest absolute Gasteiger partial charge is 0.169 e. The predicted octanol–water partition coefficient (Wildman–Crippen LogP) is 4.46. The Bertz CT molecular complexity index is 512. The Morgan fingerprint density at radius 2 is 1.94 bits per heavy atom. The minimum atomic E-state index is -0.240. The van der Waals surface area contributed by atoms with Crippen molar-refractivity contribution in [3.05, 3.63) is 54.4 Å². The number of furan rings is 1. The van der Waals surface area contributed by atoms with Crippen LogP contribution in [0.3, 0.4) is 0 Å². The van der Waals surface area contributed by atoms with Gasteiger partial charge < -0.3 is 10.2 Å². The first-order valence-electron chi connectivity index (χ1n) is 4.53. The summed E-state index contributed by atoms with van der Waals surface area (Å²) in [5.74, 6) is 0.753. The molecular weight excluding hydrogens is 449 g/mol. The third kappa shape index (κ3) is 2.69. The molecule has 1 unspecified atom stereocenters. The molecule has 0 aliphatic carbocycles. The average molecular weight is 457 g/mol. The van der Waals surface area contributed by atoms with E-state index in [-0.39, 0.29) is 6.04 Å². The number of halogens is 3. The highest BCUT2D eigenvalue weighted by atomic mass is 127. The van der Waals surface area contributed by atoms with Crippen molar-refractivity contribution < 1.29 is 4.42 Å². The molecule has 1 heterocycles. The van der Waals surface area contributed by atoms with E-state index >= 15 is 0 Å². The van der Waals surface area contributed by atoms with Gasteiger partial charge in [-0.3, -0.25) is 0 Å². The van der Waals surface area contributed by atoms with Crippen LogP contribution >= 0.6 is 54.5 Å². The minimum Gasteiger partial charge on any atom is -0.452 e. The summed E-state index contributed by atoms with van der Waals surface area (Å²) in [6, 6.07) is 9.53. The van der Waals surface area contributed by atoms with Crippen LogP contribution in [0.25, 0.3) is 0 Å².